The molecule has 0 heterocycles. The molecule has 36 heavy (non-hydrogen) atoms. The maximum absolute atomic E-state index is 12.5. The zero-order valence-electron chi connectivity index (χ0n) is 20.5. The van der Waals surface area contributed by atoms with Gasteiger partial charge in [0, 0.05) is 11.1 Å². The summed E-state index contributed by atoms with van der Waals surface area (Å²) in [7, 11) is 0. The fourth-order valence-corrected chi connectivity index (χ4v) is 3.20. The van der Waals surface area contributed by atoms with Gasteiger partial charge in [0.15, 0.2) is 0 Å². The first kappa shape index (κ1) is 26.3. The minimum Gasteiger partial charge on any atom is -0.490 e. The summed E-state index contributed by atoms with van der Waals surface area (Å²) in [5.74, 6) is 0.0454. The van der Waals surface area contributed by atoms with Crippen LogP contribution < -0.4 is 0 Å². The van der Waals surface area contributed by atoms with Gasteiger partial charge in [-0.25, -0.2) is 9.59 Å². The zero-order valence-corrected chi connectivity index (χ0v) is 20.5. The molecule has 0 radical (unpaired) electrons. The van der Waals surface area contributed by atoms with Crippen LogP contribution in [0.5, 0.6) is 0 Å². The Morgan fingerprint density at radius 2 is 1.03 bits per heavy atom. The summed E-state index contributed by atoms with van der Waals surface area (Å²) in [4.78, 5) is 24.6. The summed E-state index contributed by atoms with van der Waals surface area (Å²) in [6.45, 7) is 11.6. The molecule has 0 bridgehead atoms. The number of hydrogen-bond acceptors (Lipinski definition) is 6. The Bertz CT molecular complexity index is 1070. The highest BCUT2D eigenvalue weighted by atomic mass is 16.6. The van der Waals surface area contributed by atoms with Crippen molar-refractivity contribution in [2.75, 3.05) is 13.2 Å². The molecule has 0 saturated heterocycles. The number of hydrogen-bond donors (Lipinski definition) is 0. The predicted octanol–water partition coefficient (Wildman–Crippen LogP) is 6.15. The van der Waals surface area contributed by atoms with Crippen LogP contribution in [0.2, 0.25) is 0 Å². The predicted molar refractivity (Wildman–Crippen MR) is 139 cm³/mol. The summed E-state index contributed by atoms with van der Waals surface area (Å²) < 4.78 is 22.2. The molecule has 3 aromatic carbocycles. The Morgan fingerprint density at radius 3 is 1.64 bits per heavy atom. The van der Waals surface area contributed by atoms with Crippen molar-refractivity contribution >= 4 is 23.5 Å². The van der Waals surface area contributed by atoms with Gasteiger partial charge in [-0.1, -0.05) is 73.8 Å². The van der Waals surface area contributed by atoms with Crippen molar-refractivity contribution in [2.24, 2.45) is 0 Å². The molecule has 3 aromatic rings. The Hall–Kier alpha value is -4.32. The molecule has 6 nitrogen and oxygen atoms in total. The highest BCUT2D eigenvalue weighted by Crippen LogP contribution is 2.18. The Morgan fingerprint density at radius 1 is 0.583 bits per heavy atom. The number of ether oxygens (including phenoxy) is 4. The molecule has 0 aliphatic carbocycles. The third-order valence-electron chi connectivity index (χ3n) is 5.14. The van der Waals surface area contributed by atoms with Crippen LogP contribution in [0.25, 0.3) is 11.5 Å². The lowest BCUT2D eigenvalue weighted by Gasteiger charge is -2.17. The second kappa shape index (κ2) is 13.0. The Kier molecular flexibility index (Phi) is 9.46. The molecular weight excluding hydrogens is 456 g/mol. The molecule has 0 N–H and O–H groups in total. The number of carbonyl (C=O) groups excluding carboxylic acids is 2. The van der Waals surface area contributed by atoms with Gasteiger partial charge in [0.25, 0.3) is 0 Å². The van der Waals surface area contributed by atoms with Crippen LogP contribution in [0.1, 0.15) is 45.7 Å². The van der Waals surface area contributed by atoms with Crippen LogP contribution in [0.3, 0.4) is 0 Å². The second-order valence-electron chi connectivity index (χ2n) is 8.21. The van der Waals surface area contributed by atoms with Gasteiger partial charge in [-0.15, -0.1) is 0 Å². The number of rotatable bonds is 12. The summed E-state index contributed by atoms with van der Waals surface area (Å²) in [5, 5.41) is 0. The second-order valence-corrected chi connectivity index (χ2v) is 8.21. The number of carbonyl (C=O) groups is 2. The molecule has 0 saturated carbocycles. The molecule has 0 aliphatic heterocycles. The molecule has 186 valence electrons. The standard InChI is InChI=1S/C30H30O6/c1-21(20-34-29(31)27-13-9-6-10-14-27)35-24(4)26-15-17-28(18-16-26)30(32)36-22(2)19-33-23(3)25-11-7-5-8-12-25/h5-18,21-22H,3-4,19-20H2,1-2H3. The van der Waals surface area contributed by atoms with Crippen molar-refractivity contribution in [1.29, 1.82) is 0 Å². The Labute approximate surface area is 211 Å². The lowest BCUT2D eigenvalue weighted by molar-refractivity contribution is 0.0197. The van der Waals surface area contributed by atoms with Gasteiger partial charge in [0.2, 0.25) is 0 Å². The van der Waals surface area contributed by atoms with E-state index in [1.807, 2.05) is 36.4 Å². The summed E-state index contributed by atoms with van der Waals surface area (Å²) in [6.07, 6.45) is -0.864. The van der Waals surface area contributed by atoms with Gasteiger partial charge >= 0.3 is 11.9 Å². The number of esters is 2. The first-order chi connectivity index (χ1) is 17.3. The average molecular weight is 487 g/mol. The van der Waals surface area contributed by atoms with Crippen molar-refractivity contribution in [3.63, 3.8) is 0 Å². The molecular formula is C30H30O6. The maximum atomic E-state index is 12.5. The molecule has 2 atom stereocenters. The number of benzene rings is 3. The van der Waals surface area contributed by atoms with E-state index in [4.69, 9.17) is 18.9 Å². The SMILES string of the molecule is C=C(OCC(C)OC(=O)c1ccc(C(=C)OC(C)COC(=O)c2ccccc2)cc1)c1ccccc1. The van der Waals surface area contributed by atoms with Gasteiger partial charge in [-0.05, 0) is 38.1 Å². The van der Waals surface area contributed by atoms with E-state index in [0.717, 1.165) is 5.56 Å². The van der Waals surface area contributed by atoms with E-state index in [1.165, 1.54) is 0 Å². The van der Waals surface area contributed by atoms with Gasteiger partial charge in [0.05, 0.1) is 11.1 Å². The van der Waals surface area contributed by atoms with Crippen LogP contribution in [-0.4, -0.2) is 37.4 Å². The zero-order chi connectivity index (χ0) is 25.9. The monoisotopic (exact) mass is 486 g/mol. The van der Waals surface area contributed by atoms with E-state index >= 15 is 0 Å². The first-order valence-electron chi connectivity index (χ1n) is 11.6. The van der Waals surface area contributed by atoms with Crippen molar-refractivity contribution in [1.82, 2.24) is 0 Å². The van der Waals surface area contributed by atoms with Gasteiger partial charge in [-0.2, -0.15) is 0 Å². The molecule has 2 unspecified atom stereocenters. The molecule has 0 aliphatic rings. The normalized spacial score (nSPS) is 12.1. The fourth-order valence-electron chi connectivity index (χ4n) is 3.20. The lowest BCUT2D eigenvalue weighted by atomic mass is 10.1. The van der Waals surface area contributed by atoms with Gasteiger partial charge in [0.1, 0.15) is 36.9 Å². The van der Waals surface area contributed by atoms with E-state index in [0.29, 0.717) is 28.2 Å². The van der Waals surface area contributed by atoms with E-state index in [-0.39, 0.29) is 13.2 Å². The highest BCUT2D eigenvalue weighted by Gasteiger charge is 2.15. The van der Waals surface area contributed by atoms with Crippen LogP contribution >= 0.6 is 0 Å². The van der Waals surface area contributed by atoms with E-state index in [1.54, 1.807) is 62.4 Å². The summed E-state index contributed by atoms with van der Waals surface area (Å²) >= 11 is 0. The summed E-state index contributed by atoms with van der Waals surface area (Å²) in [6, 6.07) is 25.0. The molecule has 0 amide bonds. The van der Waals surface area contributed by atoms with Crippen LogP contribution in [0, 0.1) is 0 Å². The third-order valence-corrected chi connectivity index (χ3v) is 5.14. The van der Waals surface area contributed by atoms with Crippen LogP contribution in [0.4, 0.5) is 0 Å². The fraction of sp³-hybridized carbons (Fsp3) is 0.200. The molecule has 6 heteroatoms. The van der Waals surface area contributed by atoms with Crippen molar-refractivity contribution in [3.8, 4) is 0 Å². The van der Waals surface area contributed by atoms with E-state index in [2.05, 4.69) is 13.2 Å². The van der Waals surface area contributed by atoms with Gasteiger partial charge < -0.3 is 18.9 Å². The van der Waals surface area contributed by atoms with Gasteiger partial charge in [-0.3, -0.25) is 0 Å². The molecule has 0 spiro atoms. The smallest absolute Gasteiger partial charge is 0.338 e. The van der Waals surface area contributed by atoms with Crippen LogP contribution in [-0.2, 0) is 18.9 Å². The average Bonchev–Trinajstić information content (AvgIpc) is 2.91. The minimum atomic E-state index is -0.463. The van der Waals surface area contributed by atoms with E-state index < -0.39 is 24.1 Å². The molecule has 3 rings (SSSR count). The topological polar surface area (TPSA) is 71.1 Å². The summed E-state index contributed by atoms with van der Waals surface area (Å²) in [5.41, 5.74) is 2.44. The molecule has 0 fully saturated rings. The Balaban J connectivity index is 1.43. The maximum Gasteiger partial charge on any atom is 0.338 e. The van der Waals surface area contributed by atoms with E-state index in [9.17, 15) is 9.59 Å². The first-order valence-corrected chi connectivity index (χ1v) is 11.6. The quantitative estimate of drug-likeness (QED) is 0.226. The van der Waals surface area contributed by atoms with Crippen molar-refractivity contribution < 1.29 is 28.5 Å². The third kappa shape index (κ3) is 7.87. The van der Waals surface area contributed by atoms with Crippen molar-refractivity contribution in [2.45, 2.75) is 26.1 Å². The van der Waals surface area contributed by atoms with Crippen molar-refractivity contribution in [3.05, 3.63) is 120 Å². The minimum absolute atomic E-state index is 0.0772. The van der Waals surface area contributed by atoms with Crippen LogP contribution in [0.15, 0.2) is 98.1 Å². The largest absolute Gasteiger partial charge is 0.490 e. The highest BCUT2D eigenvalue weighted by molar-refractivity contribution is 5.90. The lowest BCUT2D eigenvalue weighted by Crippen LogP contribution is -2.20. The molecule has 0 aromatic heterocycles.